The third kappa shape index (κ3) is 4.90. The molecule has 0 radical (unpaired) electrons. The molecule has 4 heterocycles. The Kier molecular flexibility index (Phi) is 6.40. The molecule has 1 aliphatic heterocycles. The minimum Gasteiger partial charge on any atom is -0.382 e. The monoisotopic (exact) mass is 518 g/mol. The molecule has 4 N–H and O–H groups in total. The van der Waals surface area contributed by atoms with Crippen LogP contribution in [0.4, 0.5) is 33.5 Å². The number of halogens is 5. The highest BCUT2D eigenvalue weighted by Crippen LogP contribution is 2.33. The number of rotatable bonds is 6. The summed E-state index contributed by atoms with van der Waals surface area (Å²) in [6.45, 7) is 0.853. The summed E-state index contributed by atoms with van der Waals surface area (Å²) in [6.07, 6.45) is 2.29. The zero-order valence-corrected chi connectivity index (χ0v) is 19.5. The van der Waals surface area contributed by atoms with E-state index in [4.69, 9.17) is 11.5 Å². The number of nitrogens with two attached hydrogens (primary N) is 2. The van der Waals surface area contributed by atoms with E-state index in [2.05, 4.69) is 19.9 Å². The zero-order chi connectivity index (χ0) is 26.3. The van der Waals surface area contributed by atoms with E-state index in [1.165, 1.54) is 18.9 Å². The minimum absolute atomic E-state index is 0.0670. The van der Waals surface area contributed by atoms with Crippen molar-refractivity contribution in [2.45, 2.75) is 37.8 Å². The highest BCUT2D eigenvalue weighted by atomic mass is 19.3. The van der Waals surface area contributed by atoms with Gasteiger partial charge in [-0.05, 0) is 30.5 Å². The third-order valence-corrected chi connectivity index (χ3v) is 6.53. The molecule has 194 valence electrons. The average Bonchev–Trinajstić information content (AvgIpc) is 3.24. The fraction of sp³-hybridized carbons (Fsp3) is 0.333. The Balaban J connectivity index is 1.59. The molecule has 4 aromatic rings. The van der Waals surface area contributed by atoms with Crippen LogP contribution in [0.15, 0.2) is 37.1 Å². The van der Waals surface area contributed by atoms with Crippen molar-refractivity contribution >= 4 is 22.7 Å². The molecule has 8 nitrogen and oxygen atoms in total. The van der Waals surface area contributed by atoms with Crippen LogP contribution in [0.5, 0.6) is 0 Å². The summed E-state index contributed by atoms with van der Waals surface area (Å²) in [5.74, 6) is -3.31. The number of aromatic nitrogens is 5. The van der Waals surface area contributed by atoms with Crippen LogP contribution >= 0.6 is 0 Å². The Morgan fingerprint density at radius 1 is 1.00 bits per heavy atom. The molecular weight excluding hydrogens is 495 g/mol. The number of imidazole rings is 1. The summed E-state index contributed by atoms with van der Waals surface area (Å²) in [5, 5.41) is 0. The molecule has 1 unspecified atom stereocenters. The van der Waals surface area contributed by atoms with Gasteiger partial charge < -0.3 is 20.9 Å². The smallest absolute Gasteiger partial charge is 0.240 e. The van der Waals surface area contributed by atoms with Gasteiger partial charge >= 0.3 is 0 Å². The van der Waals surface area contributed by atoms with Crippen molar-refractivity contribution in [2.24, 2.45) is 5.73 Å². The van der Waals surface area contributed by atoms with Crippen LogP contribution < -0.4 is 16.4 Å². The topological polar surface area (TPSA) is 112 Å². The molecule has 0 aliphatic carbocycles. The van der Waals surface area contributed by atoms with Crippen molar-refractivity contribution in [3.63, 3.8) is 0 Å². The van der Waals surface area contributed by atoms with Gasteiger partial charge in [0, 0.05) is 36.7 Å². The molecule has 1 aliphatic rings. The standard InChI is InChI=1S/C24H23F5N8/c25-15-6-17(27)16(26)5-14(15)18-4-13(9-37-12-35-21-22(30)33-11-34-23(21)37)19(8-32-18)36-3-1-2-24(31,10-36)7-20(28)29/h4-6,8,11-12,20H,1-3,7,9-10,31H2,(H2,30,33,34). The number of anilines is 2. The lowest BCUT2D eigenvalue weighted by Gasteiger charge is -2.42. The van der Waals surface area contributed by atoms with E-state index in [0.717, 1.165) is 6.07 Å². The summed E-state index contributed by atoms with van der Waals surface area (Å²) >= 11 is 0. The molecule has 1 fully saturated rings. The molecule has 0 amide bonds. The number of pyridine rings is 1. The Hall–Kier alpha value is -3.87. The maximum atomic E-state index is 14.6. The Bertz CT molecular complexity index is 1460. The van der Waals surface area contributed by atoms with Gasteiger partial charge in [0.25, 0.3) is 0 Å². The van der Waals surface area contributed by atoms with Gasteiger partial charge in [-0.25, -0.2) is 36.9 Å². The number of hydrogen-bond donors (Lipinski definition) is 2. The molecule has 3 aromatic heterocycles. The molecule has 13 heteroatoms. The van der Waals surface area contributed by atoms with Crippen molar-refractivity contribution in [1.29, 1.82) is 0 Å². The van der Waals surface area contributed by atoms with Gasteiger partial charge in [0.1, 0.15) is 17.7 Å². The summed E-state index contributed by atoms with van der Waals surface area (Å²) in [4.78, 5) is 18.6. The fourth-order valence-electron chi connectivity index (χ4n) is 4.81. The molecule has 37 heavy (non-hydrogen) atoms. The molecule has 0 bridgehead atoms. The normalized spacial score (nSPS) is 18.2. The lowest BCUT2D eigenvalue weighted by atomic mass is 9.86. The molecule has 1 atom stereocenters. The van der Waals surface area contributed by atoms with Crippen molar-refractivity contribution in [1.82, 2.24) is 24.5 Å². The van der Waals surface area contributed by atoms with Crippen LogP contribution in [-0.4, -0.2) is 49.6 Å². The predicted molar refractivity (Wildman–Crippen MR) is 127 cm³/mol. The van der Waals surface area contributed by atoms with Crippen molar-refractivity contribution < 1.29 is 22.0 Å². The van der Waals surface area contributed by atoms with E-state index in [1.807, 2.05) is 4.90 Å². The van der Waals surface area contributed by atoms with Gasteiger partial charge in [-0.1, -0.05) is 0 Å². The second-order valence-electron chi connectivity index (χ2n) is 9.23. The van der Waals surface area contributed by atoms with Crippen LogP contribution in [0.3, 0.4) is 0 Å². The number of fused-ring (bicyclic) bond motifs is 1. The highest BCUT2D eigenvalue weighted by Gasteiger charge is 2.35. The number of alkyl halides is 2. The average molecular weight is 518 g/mol. The number of nitrogen functional groups attached to an aromatic ring is 1. The van der Waals surface area contributed by atoms with Gasteiger partial charge in [-0.15, -0.1) is 0 Å². The maximum absolute atomic E-state index is 14.6. The second-order valence-corrected chi connectivity index (χ2v) is 9.23. The van der Waals surface area contributed by atoms with Gasteiger partial charge in [-0.3, -0.25) is 4.98 Å². The first-order valence-electron chi connectivity index (χ1n) is 11.5. The minimum atomic E-state index is -2.55. The SMILES string of the molecule is Nc1ncnc2c1ncn2Cc1cc(-c2cc(F)c(F)cc2F)ncc1N1CCCC(N)(CC(F)F)C1. The zero-order valence-electron chi connectivity index (χ0n) is 19.5. The second kappa shape index (κ2) is 9.54. The first-order chi connectivity index (χ1) is 17.6. The van der Waals surface area contributed by atoms with Crippen LogP contribution in [-0.2, 0) is 6.54 Å². The van der Waals surface area contributed by atoms with Crippen molar-refractivity contribution in [3.8, 4) is 11.3 Å². The summed E-state index contributed by atoms with van der Waals surface area (Å²) in [6, 6.07) is 2.74. The Morgan fingerprint density at radius 2 is 1.78 bits per heavy atom. The van der Waals surface area contributed by atoms with Gasteiger partial charge in [-0.2, -0.15) is 0 Å². The lowest BCUT2D eigenvalue weighted by Crippen LogP contribution is -2.55. The number of hydrogen-bond acceptors (Lipinski definition) is 7. The van der Waals surface area contributed by atoms with Gasteiger partial charge in [0.15, 0.2) is 23.1 Å². The molecule has 1 aromatic carbocycles. The van der Waals surface area contributed by atoms with Crippen LogP contribution in [0.2, 0.25) is 0 Å². The Labute approximate surface area is 208 Å². The largest absolute Gasteiger partial charge is 0.382 e. The predicted octanol–water partition coefficient (Wildman–Crippen LogP) is 3.89. The number of piperidine rings is 1. The fourth-order valence-corrected chi connectivity index (χ4v) is 4.81. The van der Waals surface area contributed by atoms with Crippen LogP contribution in [0.25, 0.3) is 22.4 Å². The molecule has 0 spiro atoms. The van der Waals surface area contributed by atoms with Crippen molar-refractivity contribution in [3.05, 3.63) is 60.1 Å². The molecule has 1 saturated heterocycles. The molecular formula is C24H23F5N8. The van der Waals surface area contributed by atoms with E-state index < -0.39 is 35.8 Å². The summed E-state index contributed by atoms with van der Waals surface area (Å²) < 4.78 is 70.1. The van der Waals surface area contributed by atoms with Crippen LogP contribution in [0, 0.1) is 17.5 Å². The quantitative estimate of drug-likeness (QED) is 0.294. The highest BCUT2D eigenvalue weighted by molar-refractivity contribution is 5.81. The van der Waals surface area contributed by atoms with E-state index in [1.54, 1.807) is 10.6 Å². The summed E-state index contributed by atoms with van der Waals surface area (Å²) in [7, 11) is 0. The Morgan fingerprint density at radius 3 is 2.57 bits per heavy atom. The first kappa shape index (κ1) is 24.8. The number of nitrogens with zero attached hydrogens (tertiary/aromatic N) is 6. The van der Waals surface area contributed by atoms with Gasteiger partial charge in [0.2, 0.25) is 6.43 Å². The molecule has 0 saturated carbocycles. The van der Waals surface area contributed by atoms with Crippen LogP contribution in [0.1, 0.15) is 24.8 Å². The molecule has 5 rings (SSSR count). The maximum Gasteiger partial charge on any atom is 0.240 e. The lowest BCUT2D eigenvalue weighted by molar-refractivity contribution is 0.0983. The third-order valence-electron chi connectivity index (χ3n) is 6.53. The van der Waals surface area contributed by atoms with E-state index in [-0.39, 0.29) is 30.2 Å². The number of benzene rings is 1. The van der Waals surface area contributed by atoms with E-state index in [9.17, 15) is 22.0 Å². The van der Waals surface area contributed by atoms with E-state index >= 15 is 0 Å². The first-order valence-corrected chi connectivity index (χ1v) is 11.5. The van der Waals surface area contributed by atoms with E-state index in [0.29, 0.717) is 47.9 Å². The summed E-state index contributed by atoms with van der Waals surface area (Å²) in [5.41, 5.74) is 13.0. The van der Waals surface area contributed by atoms with Gasteiger partial charge in [0.05, 0.1) is 30.5 Å². The van der Waals surface area contributed by atoms with Crippen molar-refractivity contribution in [2.75, 3.05) is 23.7 Å².